The van der Waals surface area contributed by atoms with Crippen LogP contribution in [0, 0.1) is 5.82 Å². The van der Waals surface area contributed by atoms with Gasteiger partial charge in [-0.15, -0.1) is 0 Å². The van der Waals surface area contributed by atoms with Crippen molar-refractivity contribution < 1.29 is 27.6 Å². The summed E-state index contributed by atoms with van der Waals surface area (Å²) in [5.41, 5.74) is -0.210. The summed E-state index contributed by atoms with van der Waals surface area (Å²) in [6, 6.07) is 10.3. The van der Waals surface area contributed by atoms with Crippen LogP contribution in [0.3, 0.4) is 0 Å². The molecule has 0 spiro atoms. The monoisotopic (exact) mass is 453 g/mol. The lowest BCUT2D eigenvalue weighted by atomic mass is 10.1. The van der Waals surface area contributed by atoms with Crippen LogP contribution < -0.4 is 15.5 Å². The number of nitrogens with zero attached hydrogens (tertiary/aromatic N) is 1. The minimum Gasteiger partial charge on any atom is -0.467 e. The lowest BCUT2D eigenvalue weighted by Gasteiger charge is -2.29. The molecule has 1 fully saturated rings. The summed E-state index contributed by atoms with van der Waals surface area (Å²) in [6.07, 6.45) is 6.26. The van der Waals surface area contributed by atoms with E-state index in [-0.39, 0.29) is 24.0 Å². The van der Waals surface area contributed by atoms with Crippen molar-refractivity contribution >= 4 is 23.4 Å². The minimum atomic E-state index is -1.42. The van der Waals surface area contributed by atoms with Crippen LogP contribution in [0.25, 0.3) is 0 Å². The highest BCUT2D eigenvalue weighted by molar-refractivity contribution is 6.41. The molecule has 172 valence electrons. The molecule has 0 bridgehead atoms. The Morgan fingerprint density at radius 3 is 2.39 bits per heavy atom. The zero-order valence-electron chi connectivity index (χ0n) is 17.8. The number of furan rings is 2. The number of rotatable bonds is 7. The third kappa shape index (κ3) is 5.14. The summed E-state index contributed by atoms with van der Waals surface area (Å²) in [6.45, 7) is 0.0383. The molecular formula is C24H24FN3O5. The number of halogens is 1. The molecule has 3 amide bonds. The van der Waals surface area contributed by atoms with Gasteiger partial charge >= 0.3 is 11.8 Å². The molecule has 1 atom stereocenters. The maximum absolute atomic E-state index is 14.8. The molecule has 9 heteroatoms. The second kappa shape index (κ2) is 10.2. The van der Waals surface area contributed by atoms with Crippen molar-refractivity contribution in [3.63, 3.8) is 0 Å². The fourth-order valence-electron chi connectivity index (χ4n) is 3.94. The third-order valence-corrected chi connectivity index (χ3v) is 5.55. The molecule has 1 aromatic carbocycles. The second-order valence-electron chi connectivity index (χ2n) is 7.80. The molecule has 1 unspecified atom stereocenters. The van der Waals surface area contributed by atoms with Gasteiger partial charge in [0.25, 0.3) is 5.91 Å². The summed E-state index contributed by atoms with van der Waals surface area (Å²) in [7, 11) is 0. The number of hydrogen-bond donors (Lipinski definition) is 2. The van der Waals surface area contributed by atoms with E-state index in [0.717, 1.165) is 36.6 Å². The van der Waals surface area contributed by atoms with Gasteiger partial charge in [0.05, 0.1) is 24.8 Å². The molecule has 3 aromatic rings. The Hall–Kier alpha value is -3.88. The van der Waals surface area contributed by atoms with E-state index in [9.17, 15) is 18.8 Å². The van der Waals surface area contributed by atoms with Crippen LogP contribution in [-0.4, -0.2) is 23.8 Å². The summed E-state index contributed by atoms with van der Waals surface area (Å²) >= 11 is 0. The number of anilines is 1. The average Bonchev–Trinajstić information content (AvgIpc) is 3.60. The lowest BCUT2D eigenvalue weighted by Crippen LogP contribution is -2.51. The molecular weight excluding hydrogens is 429 g/mol. The molecule has 1 aliphatic carbocycles. The SMILES string of the molecule is O=C(NC1CCCC1)C(=O)N(c1ccccc1F)C(C(=O)NCc1ccco1)c1ccco1. The number of benzene rings is 1. The van der Waals surface area contributed by atoms with Crippen molar-refractivity contribution in [1.29, 1.82) is 0 Å². The number of amides is 3. The van der Waals surface area contributed by atoms with E-state index in [1.54, 1.807) is 18.2 Å². The van der Waals surface area contributed by atoms with Crippen molar-refractivity contribution in [2.75, 3.05) is 4.90 Å². The van der Waals surface area contributed by atoms with Gasteiger partial charge in [0.1, 0.15) is 17.3 Å². The quantitative estimate of drug-likeness (QED) is 0.533. The maximum atomic E-state index is 14.8. The van der Waals surface area contributed by atoms with Crippen LogP contribution in [-0.2, 0) is 20.9 Å². The molecule has 1 aliphatic rings. The minimum absolute atomic E-state index is 0.0383. The van der Waals surface area contributed by atoms with Gasteiger partial charge in [-0.05, 0) is 49.2 Å². The topological polar surface area (TPSA) is 105 Å². The standard InChI is InChI=1S/C24H24FN3O5/c25-18-10-3-4-11-19(18)28(24(31)23(30)27-16-7-1-2-8-16)21(20-12-6-14-33-20)22(29)26-15-17-9-5-13-32-17/h3-6,9-14,16,21H,1-2,7-8,15H2,(H,26,29)(H,27,30). The first-order valence-corrected chi connectivity index (χ1v) is 10.8. The van der Waals surface area contributed by atoms with Gasteiger partial charge in [-0.3, -0.25) is 19.3 Å². The predicted molar refractivity (Wildman–Crippen MR) is 116 cm³/mol. The van der Waals surface area contributed by atoms with Gasteiger partial charge in [0.2, 0.25) is 0 Å². The zero-order chi connectivity index (χ0) is 23.2. The van der Waals surface area contributed by atoms with Crippen LogP contribution >= 0.6 is 0 Å². The van der Waals surface area contributed by atoms with Crippen LogP contribution in [0.15, 0.2) is 69.9 Å². The number of hydrogen-bond acceptors (Lipinski definition) is 5. The van der Waals surface area contributed by atoms with Gasteiger partial charge in [-0.25, -0.2) is 4.39 Å². The van der Waals surface area contributed by atoms with Crippen LogP contribution in [0.2, 0.25) is 0 Å². The second-order valence-corrected chi connectivity index (χ2v) is 7.80. The summed E-state index contributed by atoms with van der Waals surface area (Å²) in [5.74, 6) is -2.80. The molecule has 33 heavy (non-hydrogen) atoms. The largest absolute Gasteiger partial charge is 0.467 e. The van der Waals surface area contributed by atoms with Crippen molar-refractivity contribution in [3.05, 3.63) is 78.4 Å². The Morgan fingerprint density at radius 2 is 1.73 bits per heavy atom. The molecule has 0 aliphatic heterocycles. The average molecular weight is 453 g/mol. The number of nitrogens with one attached hydrogen (secondary N) is 2. The maximum Gasteiger partial charge on any atom is 0.317 e. The van der Waals surface area contributed by atoms with Gasteiger partial charge in [-0.1, -0.05) is 25.0 Å². The first-order chi connectivity index (χ1) is 16.0. The lowest BCUT2D eigenvalue weighted by molar-refractivity contribution is -0.139. The van der Waals surface area contributed by atoms with Crippen molar-refractivity contribution in [2.45, 2.75) is 44.3 Å². The first kappa shape index (κ1) is 22.3. The number of carbonyl (C=O) groups excluding carboxylic acids is 3. The molecule has 0 saturated heterocycles. The van der Waals surface area contributed by atoms with E-state index in [4.69, 9.17) is 8.83 Å². The van der Waals surface area contributed by atoms with E-state index in [1.807, 2.05) is 0 Å². The van der Waals surface area contributed by atoms with E-state index in [1.165, 1.54) is 36.8 Å². The highest BCUT2D eigenvalue weighted by Gasteiger charge is 2.39. The van der Waals surface area contributed by atoms with Gasteiger partial charge < -0.3 is 19.5 Å². The molecule has 2 aromatic heterocycles. The summed E-state index contributed by atoms with van der Waals surface area (Å²) in [5, 5.41) is 5.38. The number of carbonyl (C=O) groups is 3. The predicted octanol–water partition coefficient (Wildman–Crippen LogP) is 3.46. The Bertz CT molecular complexity index is 1090. The van der Waals surface area contributed by atoms with Gasteiger partial charge in [0, 0.05) is 6.04 Å². The van der Waals surface area contributed by atoms with E-state index >= 15 is 0 Å². The van der Waals surface area contributed by atoms with Crippen molar-refractivity contribution in [3.8, 4) is 0 Å². The van der Waals surface area contributed by atoms with E-state index in [2.05, 4.69) is 10.6 Å². The molecule has 2 heterocycles. The van der Waals surface area contributed by atoms with E-state index < -0.39 is 29.6 Å². The Labute approximate surface area is 189 Å². The normalized spacial score (nSPS) is 14.6. The first-order valence-electron chi connectivity index (χ1n) is 10.8. The zero-order valence-corrected chi connectivity index (χ0v) is 17.8. The van der Waals surface area contributed by atoms with Crippen LogP contribution in [0.5, 0.6) is 0 Å². The smallest absolute Gasteiger partial charge is 0.317 e. The number of para-hydroxylation sites is 1. The fraction of sp³-hybridized carbons (Fsp3) is 0.292. The highest BCUT2D eigenvalue weighted by atomic mass is 19.1. The molecule has 8 nitrogen and oxygen atoms in total. The van der Waals surface area contributed by atoms with Crippen LogP contribution in [0.4, 0.5) is 10.1 Å². The van der Waals surface area contributed by atoms with Gasteiger partial charge in [-0.2, -0.15) is 0 Å². The highest BCUT2D eigenvalue weighted by Crippen LogP contribution is 2.31. The summed E-state index contributed by atoms with van der Waals surface area (Å²) in [4.78, 5) is 40.3. The molecule has 4 rings (SSSR count). The fourth-order valence-corrected chi connectivity index (χ4v) is 3.94. The third-order valence-electron chi connectivity index (χ3n) is 5.55. The molecule has 0 radical (unpaired) electrons. The Kier molecular flexibility index (Phi) is 6.87. The Morgan fingerprint density at radius 1 is 1.00 bits per heavy atom. The van der Waals surface area contributed by atoms with Gasteiger partial charge in [0.15, 0.2) is 6.04 Å². The van der Waals surface area contributed by atoms with Crippen molar-refractivity contribution in [1.82, 2.24) is 10.6 Å². The van der Waals surface area contributed by atoms with Crippen molar-refractivity contribution in [2.24, 2.45) is 0 Å². The summed E-state index contributed by atoms with van der Waals surface area (Å²) < 4.78 is 25.5. The van der Waals surface area contributed by atoms with E-state index in [0.29, 0.717) is 5.76 Å². The Balaban J connectivity index is 1.68. The molecule has 1 saturated carbocycles. The molecule has 2 N–H and O–H groups in total. The van der Waals surface area contributed by atoms with Crippen LogP contribution in [0.1, 0.15) is 43.2 Å².